The number of carbonyl (C=O) groups is 1. The van der Waals surface area contributed by atoms with E-state index in [0.717, 1.165) is 27.2 Å². The molecule has 2 heterocycles. The van der Waals surface area contributed by atoms with Gasteiger partial charge in [0.25, 0.3) is 5.91 Å². The highest BCUT2D eigenvalue weighted by atomic mass is 35.5. The Morgan fingerprint density at radius 2 is 1.81 bits per heavy atom. The Labute approximate surface area is 189 Å². The zero-order chi connectivity index (χ0) is 22.0. The number of pyridine rings is 1. The van der Waals surface area contributed by atoms with Gasteiger partial charge in [0.15, 0.2) is 0 Å². The summed E-state index contributed by atoms with van der Waals surface area (Å²) in [6.45, 7) is 0.218. The van der Waals surface area contributed by atoms with E-state index in [0.29, 0.717) is 21.8 Å². The highest BCUT2D eigenvalue weighted by Gasteiger charge is 2.16. The summed E-state index contributed by atoms with van der Waals surface area (Å²) in [7, 11) is -2.13. The second kappa shape index (κ2) is 8.76. The van der Waals surface area contributed by atoms with E-state index in [2.05, 4.69) is 15.0 Å². The van der Waals surface area contributed by atoms with Crippen LogP contribution < -0.4 is 10.0 Å². The number of hydrogen-bond donors (Lipinski definition) is 2. The first-order valence-corrected chi connectivity index (χ1v) is 12.0. The Balaban J connectivity index is 1.63. The lowest BCUT2D eigenvalue weighted by atomic mass is 10.0. The average molecular weight is 472 g/mol. The molecule has 2 N–H and O–H groups in total. The third kappa shape index (κ3) is 4.62. The predicted molar refractivity (Wildman–Crippen MR) is 124 cm³/mol. The molecule has 6 nitrogen and oxygen atoms in total. The zero-order valence-corrected chi connectivity index (χ0v) is 18.8. The number of rotatable bonds is 6. The Bertz CT molecular complexity index is 1370. The molecular formula is C22H18ClN3O3S2. The molecule has 0 atom stereocenters. The van der Waals surface area contributed by atoms with Crippen LogP contribution in [0.15, 0.2) is 70.9 Å². The first-order chi connectivity index (χ1) is 14.9. The Morgan fingerprint density at radius 1 is 1.06 bits per heavy atom. The van der Waals surface area contributed by atoms with Crippen molar-refractivity contribution in [3.8, 4) is 11.3 Å². The quantitative estimate of drug-likeness (QED) is 0.434. The van der Waals surface area contributed by atoms with Crippen LogP contribution >= 0.6 is 22.9 Å². The molecule has 9 heteroatoms. The smallest absolute Gasteiger partial charge is 0.252 e. The van der Waals surface area contributed by atoms with Crippen LogP contribution in [0.5, 0.6) is 0 Å². The molecular weight excluding hydrogens is 454 g/mol. The number of thiophene rings is 1. The van der Waals surface area contributed by atoms with Crippen LogP contribution in [0.2, 0.25) is 5.02 Å². The van der Waals surface area contributed by atoms with Crippen LogP contribution in [0.25, 0.3) is 22.2 Å². The average Bonchev–Trinajstić information content (AvgIpc) is 3.27. The van der Waals surface area contributed by atoms with Gasteiger partial charge in [-0.15, -0.1) is 11.3 Å². The van der Waals surface area contributed by atoms with Gasteiger partial charge in [-0.25, -0.2) is 18.1 Å². The second-order valence-electron chi connectivity index (χ2n) is 6.69. The molecule has 0 aliphatic heterocycles. The van der Waals surface area contributed by atoms with Gasteiger partial charge in [-0.2, -0.15) is 0 Å². The summed E-state index contributed by atoms with van der Waals surface area (Å²) in [5.41, 5.74) is 2.72. The number of fused-ring (bicyclic) bond motifs is 1. The maximum absolute atomic E-state index is 13.0. The maximum atomic E-state index is 13.0. The van der Waals surface area contributed by atoms with E-state index < -0.39 is 10.0 Å². The molecule has 4 aromatic rings. The molecule has 0 radical (unpaired) electrons. The van der Waals surface area contributed by atoms with Crippen LogP contribution in [-0.4, -0.2) is 26.4 Å². The van der Waals surface area contributed by atoms with Gasteiger partial charge in [0, 0.05) is 20.8 Å². The summed E-state index contributed by atoms with van der Waals surface area (Å²) in [4.78, 5) is 18.5. The van der Waals surface area contributed by atoms with Crippen molar-refractivity contribution in [1.82, 2.24) is 15.0 Å². The first kappa shape index (κ1) is 21.5. The van der Waals surface area contributed by atoms with Gasteiger partial charge in [-0.3, -0.25) is 4.79 Å². The summed E-state index contributed by atoms with van der Waals surface area (Å²) in [6, 6.07) is 19.7. The molecule has 31 heavy (non-hydrogen) atoms. The Kier molecular flexibility index (Phi) is 6.06. The largest absolute Gasteiger partial charge is 0.347 e. The van der Waals surface area contributed by atoms with E-state index in [1.165, 1.54) is 13.1 Å². The number of para-hydroxylation sites is 1. The third-order valence-electron chi connectivity index (χ3n) is 4.69. The minimum absolute atomic E-state index is 0.207. The van der Waals surface area contributed by atoms with Crippen molar-refractivity contribution < 1.29 is 13.2 Å². The molecule has 0 unspecified atom stereocenters. The van der Waals surface area contributed by atoms with E-state index in [-0.39, 0.29) is 16.7 Å². The van der Waals surface area contributed by atoms with Crippen molar-refractivity contribution in [2.24, 2.45) is 0 Å². The zero-order valence-electron chi connectivity index (χ0n) is 16.4. The standard InChI is InChI=1S/C22H18ClN3O3S2/c1-24-31(28,29)21-11-10-16(30-21)13-25-22(27)18-12-20(14-6-8-15(23)9-7-14)26-19-5-3-2-4-17(18)19/h2-12,24H,13H2,1H3,(H,25,27). The second-order valence-corrected chi connectivity index (χ2v) is 10.4. The molecule has 4 rings (SSSR count). The fraction of sp³-hybridized carbons (Fsp3) is 0.0909. The molecule has 1 amide bonds. The molecule has 158 valence electrons. The van der Waals surface area contributed by atoms with Crippen LogP contribution in [0.4, 0.5) is 0 Å². The third-order valence-corrected chi connectivity index (χ3v) is 7.94. The number of nitrogens with one attached hydrogen (secondary N) is 2. The number of sulfonamides is 1. The van der Waals surface area contributed by atoms with Crippen LogP contribution in [0, 0.1) is 0 Å². The number of nitrogens with zero attached hydrogens (tertiary/aromatic N) is 1. The fourth-order valence-electron chi connectivity index (χ4n) is 3.09. The van der Waals surface area contributed by atoms with Crippen molar-refractivity contribution in [1.29, 1.82) is 0 Å². The molecule has 0 saturated heterocycles. The molecule has 0 spiro atoms. The molecule has 0 fully saturated rings. The predicted octanol–water partition coefficient (Wildman–Crippen LogP) is 4.45. The minimum atomic E-state index is -3.50. The molecule has 0 saturated carbocycles. The van der Waals surface area contributed by atoms with Gasteiger partial charge in [-0.05, 0) is 43.4 Å². The van der Waals surface area contributed by atoms with Crippen molar-refractivity contribution in [3.63, 3.8) is 0 Å². The number of aromatic nitrogens is 1. The van der Waals surface area contributed by atoms with Crippen molar-refractivity contribution >= 4 is 49.8 Å². The number of hydrogen-bond acceptors (Lipinski definition) is 5. The summed E-state index contributed by atoms with van der Waals surface area (Å²) >= 11 is 7.11. The monoisotopic (exact) mass is 471 g/mol. The van der Waals surface area contributed by atoms with Crippen molar-refractivity contribution in [3.05, 3.63) is 82.2 Å². The number of carbonyl (C=O) groups excluding carboxylic acids is 1. The lowest BCUT2D eigenvalue weighted by molar-refractivity contribution is 0.0953. The number of halogens is 1. The molecule has 2 aromatic heterocycles. The number of amides is 1. The molecule has 0 bridgehead atoms. The highest BCUT2D eigenvalue weighted by molar-refractivity contribution is 7.91. The van der Waals surface area contributed by atoms with E-state index in [1.54, 1.807) is 24.3 Å². The van der Waals surface area contributed by atoms with Crippen LogP contribution in [-0.2, 0) is 16.6 Å². The van der Waals surface area contributed by atoms with Gasteiger partial charge >= 0.3 is 0 Å². The van der Waals surface area contributed by atoms with Crippen LogP contribution in [0.3, 0.4) is 0 Å². The Hall–Kier alpha value is -2.78. The van der Waals surface area contributed by atoms with Gasteiger partial charge in [-0.1, -0.05) is 41.9 Å². The summed E-state index contributed by atoms with van der Waals surface area (Å²) in [5.74, 6) is -0.264. The SMILES string of the molecule is CNS(=O)(=O)c1ccc(CNC(=O)c2cc(-c3ccc(Cl)cc3)nc3ccccc23)s1. The molecule has 0 aliphatic rings. The van der Waals surface area contributed by atoms with Gasteiger partial charge in [0.05, 0.1) is 23.3 Å². The summed E-state index contributed by atoms with van der Waals surface area (Å²) in [5, 5.41) is 4.25. The van der Waals surface area contributed by atoms with Crippen molar-refractivity contribution in [2.45, 2.75) is 10.8 Å². The van der Waals surface area contributed by atoms with Gasteiger partial charge in [0.1, 0.15) is 4.21 Å². The lowest BCUT2D eigenvalue weighted by Crippen LogP contribution is -2.23. The first-order valence-electron chi connectivity index (χ1n) is 9.33. The summed E-state index contributed by atoms with van der Waals surface area (Å²) in [6.07, 6.45) is 0. The normalized spacial score (nSPS) is 11.5. The van der Waals surface area contributed by atoms with E-state index in [9.17, 15) is 13.2 Å². The topological polar surface area (TPSA) is 88.2 Å². The van der Waals surface area contributed by atoms with Crippen molar-refractivity contribution in [2.75, 3.05) is 7.05 Å². The lowest BCUT2D eigenvalue weighted by Gasteiger charge is -2.10. The highest BCUT2D eigenvalue weighted by Crippen LogP contribution is 2.26. The van der Waals surface area contributed by atoms with Gasteiger partial charge < -0.3 is 5.32 Å². The van der Waals surface area contributed by atoms with E-state index in [4.69, 9.17) is 11.6 Å². The summed E-state index contributed by atoms with van der Waals surface area (Å²) < 4.78 is 26.3. The maximum Gasteiger partial charge on any atom is 0.252 e. The molecule has 0 aliphatic carbocycles. The number of benzene rings is 2. The minimum Gasteiger partial charge on any atom is -0.347 e. The van der Waals surface area contributed by atoms with E-state index in [1.807, 2.05) is 36.4 Å². The van der Waals surface area contributed by atoms with Crippen LogP contribution in [0.1, 0.15) is 15.2 Å². The Morgan fingerprint density at radius 3 is 2.55 bits per heavy atom. The molecule has 2 aromatic carbocycles. The van der Waals surface area contributed by atoms with E-state index >= 15 is 0 Å². The fourth-order valence-corrected chi connectivity index (χ4v) is 5.35. The van der Waals surface area contributed by atoms with Gasteiger partial charge in [0.2, 0.25) is 10.0 Å².